The SMILES string of the molecule is CN1CCCN(CC(=O)NCc2nnc(N)s2)CC1. The van der Waals surface area contributed by atoms with Crippen molar-refractivity contribution < 1.29 is 4.79 Å². The molecule has 0 atom stereocenters. The number of amides is 1. The number of nitrogen functional groups attached to an aromatic ring is 1. The van der Waals surface area contributed by atoms with Gasteiger partial charge >= 0.3 is 0 Å². The van der Waals surface area contributed by atoms with Crippen LogP contribution in [0.25, 0.3) is 0 Å². The molecule has 1 aromatic rings. The van der Waals surface area contributed by atoms with Crippen molar-refractivity contribution in [2.45, 2.75) is 13.0 Å². The number of likely N-dealkylation sites (N-methyl/N-ethyl adjacent to an activating group) is 1. The zero-order chi connectivity index (χ0) is 13.7. The van der Waals surface area contributed by atoms with E-state index in [1.807, 2.05) is 0 Å². The lowest BCUT2D eigenvalue weighted by Crippen LogP contribution is -2.38. The summed E-state index contributed by atoms with van der Waals surface area (Å²) in [6.07, 6.45) is 1.11. The highest BCUT2D eigenvalue weighted by atomic mass is 32.1. The molecule has 1 aliphatic heterocycles. The van der Waals surface area contributed by atoms with Gasteiger partial charge in [-0.25, -0.2) is 0 Å². The Morgan fingerprint density at radius 3 is 2.95 bits per heavy atom. The number of nitrogens with zero attached hydrogens (tertiary/aromatic N) is 4. The molecule has 1 aromatic heterocycles. The minimum absolute atomic E-state index is 0.0262. The van der Waals surface area contributed by atoms with Crippen LogP contribution in [0.1, 0.15) is 11.4 Å². The summed E-state index contributed by atoms with van der Waals surface area (Å²) in [5.41, 5.74) is 5.48. The summed E-state index contributed by atoms with van der Waals surface area (Å²) in [4.78, 5) is 16.3. The molecule has 7 nitrogen and oxygen atoms in total. The molecule has 2 rings (SSSR count). The number of nitrogens with one attached hydrogen (secondary N) is 1. The molecule has 0 saturated carbocycles. The van der Waals surface area contributed by atoms with Crippen LogP contribution in [0.2, 0.25) is 0 Å². The minimum atomic E-state index is 0.0262. The van der Waals surface area contributed by atoms with Crippen LogP contribution >= 0.6 is 11.3 Å². The minimum Gasteiger partial charge on any atom is -0.374 e. The number of carbonyl (C=O) groups excluding carboxylic acids is 1. The normalized spacial score (nSPS) is 18.2. The van der Waals surface area contributed by atoms with E-state index in [1.165, 1.54) is 11.3 Å². The first-order valence-corrected chi connectivity index (χ1v) is 7.20. The topological polar surface area (TPSA) is 87.4 Å². The van der Waals surface area contributed by atoms with Gasteiger partial charge in [0.25, 0.3) is 0 Å². The lowest BCUT2D eigenvalue weighted by Gasteiger charge is -2.19. The maximum absolute atomic E-state index is 11.8. The van der Waals surface area contributed by atoms with Crippen molar-refractivity contribution in [1.29, 1.82) is 0 Å². The fraction of sp³-hybridized carbons (Fsp3) is 0.727. The van der Waals surface area contributed by atoms with Gasteiger partial charge in [0, 0.05) is 13.1 Å². The average molecular weight is 284 g/mol. The maximum Gasteiger partial charge on any atom is 0.234 e. The predicted octanol–water partition coefficient (Wildman–Crippen LogP) is -0.626. The molecule has 1 amide bonds. The summed E-state index contributed by atoms with van der Waals surface area (Å²) >= 11 is 1.30. The smallest absolute Gasteiger partial charge is 0.234 e. The number of nitrogens with two attached hydrogens (primary N) is 1. The van der Waals surface area contributed by atoms with Crippen molar-refractivity contribution in [3.8, 4) is 0 Å². The van der Waals surface area contributed by atoms with Crippen LogP contribution in [-0.4, -0.2) is 65.7 Å². The molecule has 0 bridgehead atoms. The summed E-state index contributed by atoms with van der Waals surface area (Å²) in [6.45, 7) is 4.88. The van der Waals surface area contributed by atoms with Crippen molar-refractivity contribution in [2.24, 2.45) is 0 Å². The maximum atomic E-state index is 11.8. The van der Waals surface area contributed by atoms with Gasteiger partial charge in [0.15, 0.2) is 0 Å². The first-order chi connectivity index (χ1) is 9.13. The number of anilines is 1. The average Bonchev–Trinajstić information content (AvgIpc) is 2.68. The zero-order valence-electron chi connectivity index (χ0n) is 11.1. The Morgan fingerprint density at radius 2 is 2.21 bits per heavy atom. The third-order valence-corrected chi connectivity index (χ3v) is 3.85. The molecule has 0 aromatic carbocycles. The van der Waals surface area contributed by atoms with Crippen molar-refractivity contribution >= 4 is 22.4 Å². The van der Waals surface area contributed by atoms with Crippen LogP contribution in [0.4, 0.5) is 5.13 Å². The molecule has 8 heteroatoms. The van der Waals surface area contributed by atoms with Gasteiger partial charge < -0.3 is 16.0 Å². The highest BCUT2D eigenvalue weighted by Gasteiger charge is 2.15. The predicted molar refractivity (Wildman–Crippen MR) is 74.7 cm³/mol. The van der Waals surface area contributed by atoms with E-state index >= 15 is 0 Å². The van der Waals surface area contributed by atoms with Gasteiger partial charge in [-0.3, -0.25) is 9.69 Å². The Labute approximate surface area is 116 Å². The molecule has 1 aliphatic rings. The standard InChI is InChI=1S/C11H20N6OS/c1-16-3-2-4-17(6-5-16)8-9(18)13-7-10-14-15-11(12)19-10/h2-8H2,1H3,(H2,12,15)(H,13,18). The molecular formula is C11H20N6OS. The van der Waals surface area contributed by atoms with Gasteiger partial charge in [-0.05, 0) is 26.6 Å². The second kappa shape index (κ2) is 6.78. The number of carbonyl (C=O) groups is 1. The van der Waals surface area contributed by atoms with Crippen LogP contribution in [0.3, 0.4) is 0 Å². The van der Waals surface area contributed by atoms with E-state index < -0.39 is 0 Å². The van der Waals surface area contributed by atoms with Crippen molar-refractivity contribution in [3.05, 3.63) is 5.01 Å². The Morgan fingerprint density at radius 1 is 1.37 bits per heavy atom. The summed E-state index contributed by atoms with van der Waals surface area (Å²) in [5.74, 6) is 0.0262. The van der Waals surface area contributed by atoms with Crippen LogP contribution in [-0.2, 0) is 11.3 Å². The molecule has 1 saturated heterocycles. The van der Waals surface area contributed by atoms with Crippen LogP contribution in [0.5, 0.6) is 0 Å². The van der Waals surface area contributed by atoms with E-state index in [0.29, 0.717) is 18.2 Å². The largest absolute Gasteiger partial charge is 0.374 e. The van der Waals surface area contributed by atoms with Crippen molar-refractivity contribution in [2.75, 3.05) is 45.5 Å². The van der Waals surface area contributed by atoms with Crippen LogP contribution in [0.15, 0.2) is 0 Å². The molecule has 0 unspecified atom stereocenters. The van der Waals surface area contributed by atoms with E-state index in [-0.39, 0.29) is 5.91 Å². The third-order valence-electron chi connectivity index (χ3n) is 3.10. The quantitative estimate of drug-likeness (QED) is 0.766. The van der Waals surface area contributed by atoms with E-state index in [2.05, 4.69) is 32.4 Å². The molecule has 19 heavy (non-hydrogen) atoms. The lowest BCUT2D eigenvalue weighted by molar-refractivity contribution is -0.122. The first-order valence-electron chi connectivity index (χ1n) is 6.39. The summed E-state index contributed by atoms with van der Waals surface area (Å²) in [7, 11) is 2.11. The second-order valence-corrected chi connectivity index (χ2v) is 5.84. The van der Waals surface area contributed by atoms with Gasteiger partial charge in [-0.1, -0.05) is 11.3 Å². The summed E-state index contributed by atoms with van der Waals surface area (Å²) in [6, 6.07) is 0. The van der Waals surface area contributed by atoms with Gasteiger partial charge in [0.2, 0.25) is 11.0 Å². The van der Waals surface area contributed by atoms with Crippen molar-refractivity contribution in [3.63, 3.8) is 0 Å². The molecule has 0 spiro atoms. The van der Waals surface area contributed by atoms with Gasteiger partial charge in [-0.15, -0.1) is 10.2 Å². The first kappa shape index (κ1) is 14.2. The molecular weight excluding hydrogens is 264 g/mol. The molecule has 106 valence electrons. The number of hydrogen-bond acceptors (Lipinski definition) is 7. The fourth-order valence-electron chi connectivity index (χ4n) is 2.03. The van der Waals surface area contributed by atoms with Gasteiger partial charge in [0.05, 0.1) is 13.1 Å². The highest BCUT2D eigenvalue weighted by Crippen LogP contribution is 2.10. The van der Waals surface area contributed by atoms with Crippen molar-refractivity contribution in [1.82, 2.24) is 25.3 Å². The number of hydrogen-bond donors (Lipinski definition) is 2. The van der Waals surface area contributed by atoms with Crippen LogP contribution < -0.4 is 11.1 Å². The van der Waals surface area contributed by atoms with E-state index in [1.54, 1.807) is 0 Å². The molecule has 1 fully saturated rings. The number of aromatic nitrogens is 2. The molecule has 3 N–H and O–H groups in total. The molecule has 0 aliphatic carbocycles. The lowest BCUT2D eigenvalue weighted by atomic mass is 10.4. The molecule has 2 heterocycles. The Balaban J connectivity index is 1.71. The highest BCUT2D eigenvalue weighted by molar-refractivity contribution is 7.15. The third kappa shape index (κ3) is 4.73. The Kier molecular flexibility index (Phi) is 5.06. The van der Waals surface area contributed by atoms with Gasteiger partial charge in [-0.2, -0.15) is 0 Å². The summed E-state index contributed by atoms with van der Waals surface area (Å²) in [5, 5.41) is 11.6. The summed E-state index contributed by atoms with van der Waals surface area (Å²) < 4.78 is 0. The van der Waals surface area contributed by atoms with E-state index in [0.717, 1.165) is 37.6 Å². The monoisotopic (exact) mass is 284 g/mol. The van der Waals surface area contributed by atoms with E-state index in [9.17, 15) is 4.79 Å². The fourth-order valence-corrected chi connectivity index (χ4v) is 2.58. The molecule has 0 radical (unpaired) electrons. The zero-order valence-corrected chi connectivity index (χ0v) is 11.9. The van der Waals surface area contributed by atoms with Crippen LogP contribution in [0, 0.1) is 0 Å². The van der Waals surface area contributed by atoms with Gasteiger partial charge in [0.1, 0.15) is 5.01 Å². The number of rotatable bonds is 4. The Hall–Kier alpha value is -1.25. The Bertz CT molecular complexity index is 423. The van der Waals surface area contributed by atoms with E-state index in [4.69, 9.17) is 5.73 Å². The second-order valence-electron chi connectivity index (χ2n) is 4.74.